The number of hydrogen-bond acceptors (Lipinski definition) is 5. The molecule has 26 heavy (non-hydrogen) atoms. The third kappa shape index (κ3) is 4.96. The molecular weight excluding hydrogens is 378 g/mol. The molecule has 2 atom stereocenters. The van der Waals surface area contributed by atoms with Crippen LogP contribution in [-0.2, 0) is 14.6 Å². The van der Waals surface area contributed by atoms with E-state index < -0.39 is 21.5 Å². The molecule has 1 aromatic rings. The Bertz CT molecular complexity index is 750. The van der Waals surface area contributed by atoms with Gasteiger partial charge in [0.2, 0.25) is 5.91 Å². The van der Waals surface area contributed by atoms with Crippen LogP contribution in [0.1, 0.15) is 24.2 Å². The van der Waals surface area contributed by atoms with Gasteiger partial charge in [0.25, 0.3) is 5.91 Å². The fraction of sp³-hybridized carbons (Fsp3) is 0.529. The summed E-state index contributed by atoms with van der Waals surface area (Å²) in [6, 6.07) is 6.06. The van der Waals surface area contributed by atoms with Gasteiger partial charge in [0.1, 0.15) is 5.75 Å². The number of amides is 2. The second-order valence-electron chi connectivity index (χ2n) is 6.55. The van der Waals surface area contributed by atoms with Crippen molar-refractivity contribution in [2.24, 2.45) is 0 Å². The Labute approximate surface area is 161 Å². The quantitative estimate of drug-likeness (QED) is 0.803. The number of nitrogens with one attached hydrogen (secondary N) is 1. The molecule has 1 saturated heterocycles. The molecule has 146 valence electrons. The van der Waals surface area contributed by atoms with Crippen LogP contribution in [0.3, 0.4) is 0 Å². The number of benzene rings is 1. The van der Waals surface area contributed by atoms with Crippen molar-refractivity contribution in [2.75, 3.05) is 32.9 Å². The summed E-state index contributed by atoms with van der Waals surface area (Å²) in [7, 11) is -0.699. The largest absolute Gasteiger partial charge is 0.348 e. The van der Waals surface area contributed by atoms with Gasteiger partial charge in [-0.25, -0.2) is 8.42 Å². The Balaban J connectivity index is 0.00000338. The summed E-state index contributed by atoms with van der Waals surface area (Å²) in [5, 5.41) is 3.32. The van der Waals surface area contributed by atoms with Crippen molar-refractivity contribution in [1.82, 2.24) is 15.1 Å². The highest BCUT2D eigenvalue weighted by atomic mass is 35.5. The number of piperazine rings is 1. The summed E-state index contributed by atoms with van der Waals surface area (Å²) in [4.78, 5) is 27.4. The smallest absolute Gasteiger partial charge is 0.254 e. The van der Waals surface area contributed by atoms with Crippen molar-refractivity contribution >= 4 is 34.1 Å². The molecule has 1 N–H and O–H groups in total. The molecule has 7 nitrogen and oxygen atoms in total. The topological polar surface area (TPSA) is 86.8 Å². The number of rotatable bonds is 4. The molecule has 0 radical (unpaired) electrons. The molecule has 0 aliphatic carbocycles. The first-order valence-corrected chi connectivity index (χ1v) is 9.86. The van der Waals surface area contributed by atoms with Gasteiger partial charge in [-0.15, -0.1) is 12.4 Å². The minimum Gasteiger partial charge on any atom is -0.348 e. The predicted octanol–water partition coefficient (Wildman–Crippen LogP) is 0.793. The summed E-state index contributed by atoms with van der Waals surface area (Å²) < 4.78 is 24.5. The molecule has 2 amide bonds. The van der Waals surface area contributed by atoms with E-state index in [0.717, 1.165) is 6.54 Å². The average Bonchev–Trinajstić information content (AvgIpc) is 2.56. The molecule has 2 unspecified atom stereocenters. The maximum absolute atomic E-state index is 12.7. The van der Waals surface area contributed by atoms with Crippen LogP contribution < -0.4 is 5.32 Å². The van der Waals surface area contributed by atoms with Crippen LogP contribution >= 0.6 is 12.4 Å². The number of carbonyl (C=O) groups is 2. The van der Waals surface area contributed by atoms with E-state index in [0.29, 0.717) is 12.1 Å². The van der Waals surface area contributed by atoms with Crippen molar-refractivity contribution in [3.05, 3.63) is 29.8 Å². The lowest BCUT2D eigenvalue weighted by Gasteiger charge is -2.38. The molecule has 1 fully saturated rings. The summed E-state index contributed by atoms with van der Waals surface area (Å²) in [5.74, 6) is -1.18. The zero-order valence-electron chi connectivity index (χ0n) is 15.4. The lowest BCUT2D eigenvalue weighted by atomic mass is 10.1. The molecule has 2 rings (SSSR count). The van der Waals surface area contributed by atoms with E-state index in [4.69, 9.17) is 0 Å². The molecular formula is C17H26ClN3O4S. The first-order valence-electron chi connectivity index (χ1n) is 8.21. The summed E-state index contributed by atoms with van der Waals surface area (Å²) >= 11 is 0. The Hall–Kier alpha value is -1.64. The van der Waals surface area contributed by atoms with Crippen LogP contribution in [0, 0.1) is 0 Å². The van der Waals surface area contributed by atoms with Crippen molar-refractivity contribution in [2.45, 2.75) is 30.8 Å². The fourth-order valence-electron chi connectivity index (χ4n) is 2.69. The van der Waals surface area contributed by atoms with E-state index in [2.05, 4.69) is 5.32 Å². The highest BCUT2D eigenvalue weighted by molar-refractivity contribution is 7.92. The Morgan fingerprint density at radius 3 is 2.31 bits per heavy atom. The van der Waals surface area contributed by atoms with Crippen molar-refractivity contribution in [1.29, 1.82) is 0 Å². The van der Waals surface area contributed by atoms with Gasteiger partial charge in [-0.3, -0.25) is 9.59 Å². The molecule has 0 spiro atoms. The molecule has 1 aromatic carbocycles. The average molecular weight is 404 g/mol. The van der Waals surface area contributed by atoms with Crippen molar-refractivity contribution in [3.8, 4) is 0 Å². The van der Waals surface area contributed by atoms with Crippen LogP contribution in [0.2, 0.25) is 0 Å². The van der Waals surface area contributed by atoms with Gasteiger partial charge in [-0.2, -0.15) is 0 Å². The number of nitrogens with zero attached hydrogens (tertiary/aromatic N) is 2. The highest BCUT2D eigenvalue weighted by Crippen LogP contribution is 2.17. The maximum Gasteiger partial charge on any atom is 0.254 e. The monoisotopic (exact) mass is 403 g/mol. The van der Waals surface area contributed by atoms with Crippen LogP contribution in [0.5, 0.6) is 0 Å². The van der Waals surface area contributed by atoms with Crippen LogP contribution in [0.4, 0.5) is 0 Å². The number of hydrogen-bond donors (Lipinski definition) is 1. The van der Waals surface area contributed by atoms with Gasteiger partial charge in [-0.1, -0.05) is 0 Å². The second-order valence-corrected chi connectivity index (χ2v) is 8.54. The first-order chi connectivity index (χ1) is 11.6. The number of sulfone groups is 1. The van der Waals surface area contributed by atoms with Gasteiger partial charge < -0.3 is 15.1 Å². The maximum atomic E-state index is 12.7. The third-order valence-electron chi connectivity index (χ3n) is 4.57. The molecule has 9 heteroatoms. The SMILES string of the molecule is CC1NCCN(C(=O)c2ccc(S(=O)(=O)CC(=O)N(C)C)cc2)C1C.Cl. The minimum atomic E-state index is -3.72. The van der Waals surface area contributed by atoms with Crippen LogP contribution in [0.25, 0.3) is 0 Å². The normalized spacial score (nSPS) is 20.2. The molecule has 0 bridgehead atoms. The minimum absolute atomic E-state index is 0. The summed E-state index contributed by atoms with van der Waals surface area (Å²) in [6.07, 6.45) is 0. The van der Waals surface area contributed by atoms with Gasteiger partial charge in [0.05, 0.1) is 4.90 Å². The Morgan fingerprint density at radius 2 is 1.77 bits per heavy atom. The fourth-order valence-corrected chi connectivity index (χ4v) is 3.99. The molecule has 0 aromatic heterocycles. The van der Waals surface area contributed by atoms with Crippen molar-refractivity contribution in [3.63, 3.8) is 0 Å². The summed E-state index contributed by atoms with van der Waals surface area (Å²) in [5.41, 5.74) is 0.443. The lowest BCUT2D eigenvalue weighted by molar-refractivity contribution is -0.125. The van der Waals surface area contributed by atoms with E-state index in [1.165, 1.54) is 43.3 Å². The van der Waals surface area contributed by atoms with Crippen molar-refractivity contribution < 1.29 is 18.0 Å². The standard InChI is InChI=1S/C17H25N3O4S.ClH/c1-12-13(2)20(10-9-18-12)17(22)14-5-7-15(8-6-14)25(23,24)11-16(21)19(3)4;/h5-8,12-13,18H,9-11H2,1-4H3;1H. The number of halogens is 1. The van der Waals surface area contributed by atoms with Gasteiger partial charge in [0, 0.05) is 44.8 Å². The molecule has 1 heterocycles. The van der Waals surface area contributed by atoms with E-state index in [9.17, 15) is 18.0 Å². The number of carbonyl (C=O) groups excluding carboxylic acids is 2. The van der Waals surface area contributed by atoms with Crippen LogP contribution in [0.15, 0.2) is 29.2 Å². The van der Waals surface area contributed by atoms with E-state index >= 15 is 0 Å². The summed E-state index contributed by atoms with van der Waals surface area (Å²) in [6.45, 7) is 5.36. The third-order valence-corrected chi connectivity index (χ3v) is 6.19. The zero-order valence-corrected chi connectivity index (χ0v) is 17.1. The van der Waals surface area contributed by atoms with Gasteiger partial charge in [0.15, 0.2) is 9.84 Å². The lowest BCUT2D eigenvalue weighted by Crippen LogP contribution is -2.57. The Kier molecular flexibility index (Phi) is 7.61. The van der Waals surface area contributed by atoms with Gasteiger partial charge >= 0.3 is 0 Å². The predicted molar refractivity (Wildman–Crippen MR) is 102 cm³/mol. The van der Waals surface area contributed by atoms with Crippen LogP contribution in [-0.4, -0.2) is 75.1 Å². The van der Waals surface area contributed by atoms with E-state index in [1.807, 2.05) is 13.8 Å². The van der Waals surface area contributed by atoms with E-state index in [1.54, 1.807) is 4.90 Å². The highest BCUT2D eigenvalue weighted by Gasteiger charge is 2.29. The molecule has 0 saturated carbocycles. The molecule has 1 aliphatic heterocycles. The molecule has 1 aliphatic rings. The Morgan fingerprint density at radius 1 is 1.19 bits per heavy atom. The first kappa shape index (κ1) is 22.4. The second kappa shape index (κ2) is 8.83. The van der Waals surface area contributed by atoms with E-state index in [-0.39, 0.29) is 35.3 Å². The zero-order chi connectivity index (χ0) is 18.8. The van der Waals surface area contributed by atoms with Gasteiger partial charge in [-0.05, 0) is 38.1 Å².